The second-order valence-corrected chi connectivity index (χ2v) is 7.88. The van der Waals surface area contributed by atoms with Crippen LogP contribution in [0.25, 0.3) is 0 Å². The van der Waals surface area contributed by atoms with Gasteiger partial charge in [-0.05, 0) is 59.6 Å². The molecule has 1 fully saturated rings. The summed E-state index contributed by atoms with van der Waals surface area (Å²) in [6.45, 7) is 10.8. The first-order valence-corrected chi connectivity index (χ1v) is 8.93. The van der Waals surface area contributed by atoms with Crippen molar-refractivity contribution in [2.24, 2.45) is 11.8 Å². The van der Waals surface area contributed by atoms with Crippen molar-refractivity contribution in [2.45, 2.75) is 57.8 Å². The molecule has 1 N–H and O–H groups in total. The second-order valence-electron chi connectivity index (χ2n) is 7.88. The average Bonchev–Trinajstić information content (AvgIpc) is 2.54. The van der Waals surface area contributed by atoms with Crippen LogP contribution in [0.3, 0.4) is 0 Å². The lowest BCUT2D eigenvalue weighted by molar-refractivity contribution is -0.145. The van der Waals surface area contributed by atoms with Gasteiger partial charge in [0.25, 0.3) is 0 Å². The molecule has 0 unspecified atom stereocenters. The van der Waals surface area contributed by atoms with E-state index in [0.29, 0.717) is 11.7 Å². The van der Waals surface area contributed by atoms with Gasteiger partial charge in [0.1, 0.15) is 5.75 Å². The van der Waals surface area contributed by atoms with E-state index in [1.807, 2.05) is 0 Å². The molecule has 0 heterocycles. The highest BCUT2D eigenvalue weighted by Gasteiger charge is 2.48. The van der Waals surface area contributed by atoms with Crippen molar-refractivity contribution in [1.29, 1.82) is 0 Å². The maximum absolute atomic E-state index is 12.1. The Labute approximate surface area is 144 Å². The third-order valence-corrected chi connectivity index (χ3v) is 6.34. The summed E-state index contributed by atoms with van der Waals surface area (Å²) >= 11 is 0. The van der Waals surface area contributed by atoms with E-state index in [2.05, 4.69) is 39.5 Å². The van der Waals surface area contributed by atoms with Gasteiger partial charge >= 0.3 is 5.97 Å². The van der Waals surface area contributed by atoms with Crippen molar-refractivity contribution in [3.05, 3.63) is 41.0 Å². The van der Waals surface area contributed by atoms with Gasteiger partial charge in [-0.1, -0.05) is 45.1 Å². The first kappa shape index (κ1) is 17.1. The van der Waals surface area contributed by atoms with Crippen molar-refractivity contribution in [3.8, 4) is 5.75 Å². The van der Waals surface area contributed by atoms with E-state index >= 15 is 0 Å². The first-order chi connectivity index (χ1) is 11.3. The predicted octanol–water partition coefficient (Wildman–Crippen LogP) is 4.47. The third-order valence-electron chi connectivity index (χ3n) is 6.34. The molecular formula is C21H28O3. The highest BCUT2D eigenvalue weighted by atomic mass is 16.5. The lowest BCUT2D eigenvalue weighted by Gasteiger charge is -2.49. The van der Waals surface area contributed by atoms with Crippen LogP contribution in [0.4, 0.5) is 0 Å². The van der Waals surface area contributed by atoms with E-state index in [4.69, 9.17) is 4.74 Å². The SMILES string of the molecule is C=C1[C@@H](C(=O)OC)CC[C@]2(C)c3ccc(C(C)C)c(O)c3CC[C@@H]12. The molecule has 3 nitrogen and oxygen atoms in total. The monoisotopic (exact) mass is 328 g/mol. The number of esters is 1. The minimum atomic E-state index is -0.182. The lowest BCUT2D eigenvalue weighted by Crippen LogP contribution is -2.44. The summed E-state index contributed by atoms with van der Waals surface area (Å²) in [5, 5.41) is 10.8. The van der Waals surface area contributed by atoms with Crippen LogP contribution in [0.5, 0.6) is 5.75 Å². The van der Waals surface area contributed by atoms with Gasteiger partial charge in [-0.15, -0.1) is 0 Å². The Morgan fingerprint density at radius 2 is 2.08 bits per heavy atom. The second kappa shape index (κ2) is 5.94. The van der Waals surface area contributed by atoms with Crippen molar-refractivity contribution in [2.75, 3.05) is 7.11 Å². The molecule has 0 amide bonds. The Kier molecular flexibility index (Phi) is 4.23. The minimum Gasteiger partial charge on any atom is -0.507 e. The minimum absolute atomic E-state index is 0.0534. The van der Waals surface area contributed by atoms with Gasteiger partial charge in [-0.25, -0.2) is 0 Å². The number of hydrogen-bond acceptors (Lipinski definition) is 3. The van der Waals surface area contributed by atoms with Crippen LogP contribution in [0.2, 0.25) is 0 Å². The number of methoxy groups -OCH3 is 1. The molecule has 1 aromatic carbocycles. The van der Waals surface area contributed by atoms with E-state index in [9.17, 15) is 9.90 Å². The Morgan fingerprint density at radius 1 is 1.38 bits per heavy atom. The van der Waals surface area contributed by atoms with Crippen LogP contribution in [0, 0.1) is 11.8 Å². The summed E-state index contributed by atoms with van der Waals surface area (Å²) in [7, 11) is 1.45. The molecule has 1 saturated carbocycles. The largest absolute Gasteiger partial charge is 0.507 e. The van der Waals surface area contributed by atoms with E-state index in [0.717, 1.165) is 42.4 Å². The van der Waals surface area contributed by atoms with Crippen molar-refractivity contribution >= 4 is 5.97 Å². The van der Waals surface area contributed by atoms with Gasteiger partial charge < -0.3 is 9.84 Å². The molecule has 3 heteroatoms. The molecule has 0 bridgehead atoms. The molecule has 1 aromatic rings. The average molecular weight is 328 g/mol. The molecule has 0 radical (unpaired) electrons. The van der Waals surface area contributed by atoms with Crippen LogP contribution in [0.1, 0.15) is 62.6 Å². The van der Waals surface area contributed by atoms with E-state index in [1.54, 1.807) is 0 Å². The van der Waals surface area contributed by atoms with E-state index in [1.165, 1.54) is 12.7 Å². The van der Waals surface area contributed by atoms with Crippen molar-refractivity contribution in [3.63, 3.8) is 0 Å². The van der Waals surface area contributed by atoms with Crippen LogP contribution < -0.4 is 0 Å². The normalized spacial score (nSPS) is 29.1. The van der Waals surface area contributed by atoms with Gasteiger partial charge in [0.15, 0.2) is 0 Å². The lowest BCUT2D eigenvalue weighted by atomic mass is 9.54. The number of hydrogen-bond donors (Lipinski definition) is 1. The van der Waals surface area contributed by atoms with Crippen LogP contribution in [-0.4, -0.2) is 18.2 Å². The number of phenols is 1. The zero-order valence-corrected chi connectivity index (χ0v) is 15.2. The van der Waals surface area contributed by atoms with Crippen molar-refractivity contribution < 1.29 is 14.6 Å². The fourth-order valence-electron chi connectivity index (χ4n) is 4.89. The van der Waals surface area contributed by atoms with Gasteiger partial charge in [0, 0.05) is 0 Å². The zero-order valence-electron chi connectivity index (χ0n) is 15.2. The molecule has 2 aliphatic rings. The topological polar surface area (TPSA) is 46.5 Å². The highest BCUT2D eigenvalue weighted by Crippen LogP contribution is 2.55. The molecule has 0 spiro atoms. The summed E-state index contributed by atoms with van der Waals surface area (Å²) in [4.78, 5) is 12.1. The predicted molar refractivity (Wildman–Crippen MR) is 95.2 cm³/mol. The third kappa shape index (κ3) is 2.37. The Balaban J connectivity index is 2.02. The molecular weight excluding hydrogens is 300 g/mol. The maximum atomic E-state index is 12.1. The fourth-order valence-corrected chi connectivity index (χ4v) is 4.89. The van der Waals surface area contributed by atoms with Crippen LogP contribution >= 0.6 is 0 Å². The summed E-state index contributed by atoms with van der Waals surface area (Å²) in [6.07, 6.45) is 3.47. The van der Waals surface area contributed by atoms with Gasteiger partial charge in [0.2, 0.25) is 0 Å². The van der Waals surface area contributed by atoms with Gasteiger partial charge in [-0.2, -0.15) is 0 Å². The summed E-state index contributed by atoms with van der Waals surface area (Å²) in [5.74, 6) is 0.713. The summed E-state index contributed by atoms with van der Waals surface area (Å²) < 4.78 is 4.96. The fraction of sp³-hybridized carbons (Fsp3) is 0.571. The molecule has 2 aliphatic carbocycles. The number of aromatic hydroxyl groups is 1. The Hall–Kier alpha value is -1.77. The van der Waals surface area contributed by atoms with Crippen LogP contribution in [-0.2, 0) is 21.4 Å². The Bertz CT molecular complexity index is 689. The number of rotatable bonds is 2. The number of phenolic OH excluding ortho intramolecular Hbond substituents is 1. The molecule has 24 heavy (non-hydrogen) atoms. The van der Waals surface area contributed by atoms with E-state index in [-0.39, 0.29) is 23.2 Å². The molecule has 0 aliphatic heterocycles. The van der Waals surface area contributed by atoms with Crippen molar-refractivity contribution in [1.82, 2.24) is 0 Å². The first-order valence-electron chi connectivity index (χ1n) is 8.93. The standard InChI is InChI=1S/C21H28O3/c1-12(2)14-6-9-18-16(19(14)22)7-8-17-13(3)15(20(23)24-5)10-11-21(17,18)4/h6,9,12,15,17,22H,3,7-8,10-11H2,1-2,4-5H3/t15-,17-,21-/m0/s1. The molecule has 3 atom stereocenters. The molecule has 0 aromatic heterocycles. The van der Waals surface area contributed by atoms with E-state index < -0.39 is 0 Å². The number of carbonyl (C=O) groups is 1. The van der Waals surface area contributed by atoms with Crippen LogP contribution in [0.15, 0.2) is 24.3 Å². The number of benzene rings is 1. The quantitative estimate of drug-likeness (QED) is 0.643. The number of ether oxygens (including phenoxy) is 1. The summed E-state index contributed by atoms with van der Waals surface area (Å²) in [5.41, 5.74) is 4.32. The summed E-state index contributed by atoms with van der Waals surface area (Å²) in [6, 6.07) is 4.27. The zero-order chi connectivity index (χ0) is 17.6. The highest BCUT2D eigenvalue weighted by molar-refractivity contribution is 5.76. The molecule has 0 saturated heterocycles. The smallest absolute Gasteiger partial charge is 0.312 e. The Morgan fingerprint density at radius 3 is 2.71 bits per heavy atom. The number of fused-ring (bicyclic) bond motifs is 3. The molecule has 3 rings (SSSR count). The maximum Gasteiger partial charge on any atom is 0.312 e. The van der Waals surface area contributed by atoms with Gasteiger partial charge in [0.05, 0.1) is 13.0 Å². The number of carbonyl (C=O) groups excluding carboxylic acids is 1. The van der Waals surface area contributed by atoms with Gasteiger partial charge in [-0.3, -0.25) is 4.79 Å². The molecule has 130 valence electrons.